The number of carbonyl (C=O) groups is 1. The molecule has 0 unspecified atom stereocenters. The third-order valence-electron chi connectivity index (χ3n) is 5.40. The Balaban J connectivity index is 1.81. The monoisotopic (exact) mass is 443 g/mol. The number of rotatable bonds is 6. The molecular weight excluding hydrogens is 418 g/mol. The smallest absolute Gasteiger partial charge is 0.354 e. The predicted molar refractivity (Wildman–Crippen MR) is 129 cm³/mol. The van der Waals surface area contributed by atoms with Crippen LogP contribution in [0.2, 0.25) is 0 Å². The third kappa shape index (κ3) is 4.55. The minimum atomic E-state index is -1.08. The molecule has 8 heteroatoms. The fraction of sp³-hybridized carbons (Fsp3) is 0.200. The Morgan fingerprint density at radius 1 is 1.12 bits per heavy atom. The number of ether oxygens (including phenoxy) is 1. The summed E-state index contributed by atoms with van der Waals surface area (Å²) in [6.07, 6.45) is 1.52. The number of anilines is 2. The molecule has 0 aliphatic heterocycles. The Hall–Kier alpha value is -4.20. The van der Waals surface area contributed by atoms with Crippen LogP contribution in [0.3, 0.4) is 0 Å². The Morgan fingerprint density at radius 2 is 1.91 bits per heavy atom. The molecule has 1 atom stereocenters. The molecule has 0 saturated carbocycles. The number of carboxylic acid groups (broad SMARTS) is 1. The van der Waals surface area contributed by atoms with E-state index < -0.39 is 5.97 Å². The molecule has 0 aliphatic rings. The van der Waals surface area contributed by atoms with Crippen LogP contribution in [0.25, 0.3) is 22.0 Å². The molecule has 2 heterocycles. The van der Waals surface area contributed by atoms with Gasteiger partial charge in [-0.25, -0.2) is 19.7 Å². The van der Waals surface area contributed by atoms with Crippen LogP contribution in [0.4, 0.5) is 11.5 Å². The highest BCUT2D eigenvalue weighted by atomic mass is 16.5. The maximum atomic E-state index is 11.2. The number of aryl methyl sites for hydroxylation is 2. The topological polar surface area (TPSA) is 123 Å². The average molecular weight is 444 g/mol. The number of carboxylic acids is 1. The average Bonchev–Trinajstić information content (AvgIpc) is 2.77. The van der Waals surface area contributed by atoms with Gasteiger partial charge in [0.25, 0.3) is 0 Å². The van der Waals surface area contributed by atoms with Crippen molar-refractivity contribution in [2.45, 2.75) is 26.8 Å². The normalized spacial score (nSPS) is 11.9. The van der Waals surface area contributed by atoms with Gasteiger partial charge in [-0.1, -0.05) is 12.1 Å². The van der Waals surface area contributed by atoms with Gasteiger partial charge < -0.3 is 20.9 Å². The molecule has 33 heavy (non-hydrogen) atoms. The quantitative estimate of drug-likeness (QED) is 0.364. The first kappa shape index (κ1) is 22.0. The number of fused-ring (bicyclic) bond motifs is 1. The lowest BCUT2D eigenvalue weighted by Gasteiger charge is -2.19. The highest BCUT2D eigenvalue weighted by Gasteiger charge is 2.16. The van der Waals surface area contributed by atoms with Crippen LogP contribution in [-0.2, 0) is 0 Å². The van der Waals surface area contributed by atoms with Crippen molar-refractivity contribution in [1.82, 2.24) is 15.0 Å². The van der Waals surface area contributed by atoms with Gasteiger partial charge in [-0.15, -0.1) is 0 Å². The molecule has 4 aromatic rings. The second-order valence-corrected chi connectivity index (χ2v) is 7.97. The fourth-order valence-electron chi connectivity index (χ4n) is 3.84. The second kappa shape index (κ2) is 8.74. The van der Waals surface area contributed by atoms with Crippen molar-refractivity contribution in [1.29, 1.82) is 0 Å². The number of aromatic nitrogens is 3. The van der Waals surface area contributed by atoms with Crippen molar-refractivity contribution < 1.29 is 14.6 Å². The maximum absolute atomic E-state index is 11.2. The van der Waals surface area contributed by atoms with E-state index in [1.807, 2.05) is 38.1 Å². The first-order valence-electron chi connectivity index (χ1n) is 10.4. The molecule has 0 bridgehead atoms. The van der Waals surface area contributed by atoms with Gasteiger partial charge in [-0.05, 0) is 56.2 Å². The molecule has 8 nitrogen and oxygen atoms in total. The molecule has 2 aromatic heterocycles. The van der Waals surface area contributed by atoms with Crippen molar-refractivity contribution >= 4 is 28.4 Å². The van der Waals surface area contributed by atoms with Gasteiger partial charge in [0.05, 0.1) is 18.7 Å². The zero-order valence-corrected chi connectivity index (χ0v) is 18.9. The third-order valence-corrected chi connectivity index (χ3v) is 5.40. The van der Waals surface area contributed by atoms with E-state index in [1.54, 1.807) is 13.2 Å². The number of aromatic carboxylic acids is 1. The molecule has 0 amide bonds. The van der Waals surface area contributed by atoms with E-state index in [1.165, 1.54) is 12.3 Å². The molecule has 4 rings (SSSR count). The summed E-state index contributed by atoms with van der Waals surface area (Å²) in [5, 5.41) is 13.5. The Labute approximate surface area is 191 Å². The van der Waals surface area contributed by atoms with Gasteiger partial charge in [0.15, 0.2) is 0 Å². The molecule has 0 spiro atoms. The van der Waals surface area contributed by atoms with Crippen molar-refractivity contribution in [3.05, 3.63) is 71.3 Å². The summed E-state index contributed by atoms with van der Waals surface area (Å²) >= 11 is 0. The summed E-state index contributed by atoms with van der Waals surface area (Å²) in [6.45, 7) is 5.91. The van der Waals surface area contributed by atoms with Crippen LogP contribution in [-0.4, -0.2) is 33.1 Å². The van der Waals surface area contributed by atoms with Gasteiger partial charge in [-0.2, -0.15) is 0 Å². The van der Waals surface area contributed by atoms with E-state index in [2.05, 4.69) is 33.3 Å². The molecule has 4 N–H and O–H groups in total. The van der Waals surface area contributed by atoms with Crippen LogP contribution in [0, 0.1) is 13.8 Å². The maximum Gasteiger partial charge on any atom is 0.354 e. The number of nitrogen functional groups attached to an aromatic ring is 1. The van der Waals surface area contributed by atoms with Crippen LogP contribution >= 0.6 is 0 Å². The first-order valence-corrected chi connectivity index (χ1v) is 10.4. The Bertz CT molecular complexity index is 1330. The van der Waals surface area contributed by atoms with Crippen molar-refractivity contribution in [3.63, 3.8) is 0 Å². The van der Waals surface area contributed by atoms with Crippen molar-refractivity contribution in [3.8, 4) is 16.9 Å². The number of pyridine rings is 1. The van der Waals surface area contributed by atoms with E-state index in [0.29, 0.717) is 23.1 Å². The van der Waals surface area contributed by atoms with Gasteiger partial charge in [0, 0.05) is 34.5 Å². The summed E-state index contributed by atoms with van der Waals surface area (Å²) in [6, 6.07) is 12.9. The zero-order valence-electron chi connectivity index (χ0n) is 18.9. The molecule has 2 aromatic carbocycles. The Morgan fingerprint density at radius 3 is 2.55 bits per heavy atom. The summed E-state index contributed by atoms with van der Waals surface area (Å²) in [4.78, 5) is 24.4. The summed E-state index contributed by atoms with van der Waals surface area (Å²) in [7, 11) is 1.58. The Kier molecular flexibility index (Phi) is 5.83. The molecular formula is C25H25N5O3. The van der Waals surface area contributed by atoms with Crippen molar-refractivity contribution in [2.75, 3.05) is 18.2 Å². The minimum Gasteiger partial charge on any atom is -0.496 e. The summed E-state index contributed by atoms with van der Waals surface area (Å²) < 4.78 is 5.60. The largest absolute Gasteiger partial charge is 0.496 e. The molecule has 0 fully saturated rings. The van der Waals surface area contributed by atoms with Gasteiger partial charge in [0.1, 0.15) is 23.1 Å². The minimum absolute atomic E-state index is 0.0222. The van der Waals surface area contributed by atoms with Gasteiger partial charge in [-0.3, -0.25) is 0 Å². The van der Waals surface area contributed by atoms with Crippen LogP contribution in [0.1, 0.15) is 40.4 Å². The van der Waals surface area contributed by atoms with Crippen LogP contribution < -0.4 is 15.8 Å². The number of hydrogen-bond donors (Lipinski definition) is 3. The van der Waals surface area contributed by atoms with E-state index in [-0.39, 0.29) is 11.7 Å². The van der Waals surface area contributed by atoms with E-state index in [4.69, 9.17) is 15.6 Å². The van der Waals surface area contributed by atoms with E-state index in [9.17, 15) is 4.79 Å². The molecule has 0 aliphatic carbocycles. The number of benzene rings is 2. The SMILES string of the molecule is COc1cc2nc(C)nc(N[C@@H](C)c3cc(C)cc(N)c3)c2cc1-c1ccc(C(=O)O)nc1. The lowest BCUT2D eigenvalue weighted by Crippen LogP contribution is -2.10. The molecule has 0 saturated heterocycles. The highest BCUT2D eigenvalue weighted by Crippen LogP contribution is 2.36. The molecule has 168 valence electrons. The van der Waals surface area contributed by atoms with Crippen LogP contribution in [0.15, 0.2) is 48.7 Å². The van der Waals surface area contributed by atoms with Gasteiger partial charge in [0.2, 0.25) is 0 Å². The van der Waals surface area contributed by atoms with Crippen LogP contribution in [0.5, 0.6) is 5.75 Å². The van der Waals surface area contributed by atoms with E-state index >= 15 is 0 Å². The number of hydrogen-bond acceptors (Lipinski definition) is 7. The summed E-state index contributed by atoms with van der Waals surface area (Å²) in [5.74, 6) is 0.844. The highest BCUT2D eigenvalue weighted by molar-refractivity contribution is 5.95. The number of nitrogens with zero attached hydrogens (tertiary/aromatic N) is 3. The lowest BCUT2D eigenvalue weighted by molar-refractivity contribution is 0.0690. The number of methoxy groups -OCH3 is 1. The first-order chi connectivity index (χ1) is 15.7. The lowest BCUT2D eigenvalue weighted by atomic mass is 10.0. The zero-order chi connectivity index (χ0) is 23.7. The number of nitrogens with one attached hydrogen (secondary N) is 1. The van der Waals surface area contributed by atoms with Gasteiger partial charge >= 0.3 is 5.97 Å². The van der Waals surface area contributed by atoms with Crippen molar-refractivity contribution in [2.24, 2.45) is 0 Å². The fourth-order valence-corrected chi connectivity index (χ4v) is 3.84. The number of nitrogens with two attached hydrogens (primary N) is 1. The standard InChI is InChI=1S/C25H25N5O3/c1-13-7-17(9-18(26)8-13)14(2)28-24-20-10-19(16-5-6-21(25(31)32)27-12-16)23(33-4)11-22(20)29-15(3)30-24/h5-12,14H,26H2,1-4H3,(H,31,32)(H,28,29,30)/t14-/m0/s1. The predicted octanol–water partition coefficient (Wildman–Crippen LogP) is 4.77. The molecule has 0 radical (unpaired) electrons. The second-order valence-electron chi connectivity index (χ2n) is 7.97. The van der Waals surface area contributed by atoms with E-state index in [0.717, 1.165) is 33.2 Å². The summed E-state index contributed by atoms with van der Waals surface area (Å²) in [5.41, 5.74) is 11.1.